The highest BCUT2D eigenvalue weighted by molar-refractivity contribution is 6.35. The standard InChI is InChI=1S/C14H15Cl/c1-14(2,3)12-8-9-13(15)11-7-5-4-6-10(11)12/h4-9H,1-3H3. The molecule has 0 nitrogen and oxygen atoms in total. The molecule has 2 rings (SSSR count). The zero-order chi connectivity index (χ0) is 11.1. The number of fused-ring (bicyclic) bond motifs is 1. The van der Waals surface area contributed by atoms with Gasteiger partial charge in [0.2, 0.25) is 0 Å². The molecule has 0 spiro atoms. The zero-order valence-electron chi connectivity index (χ0n) is 9.34. The van der Waals surface area contributed by atoms with Crippen LogP contribution in [0.1, 0.15) is 26.3 Å². The van der Waals surface area contributed by atoms with E-state index in [0.29, 0.717) is 0 Å². The molecule has 0 N–H and O–H groups in total. The minimum atomic E-state index is 0.157. The summed E-state index contributed by atoms with van der Waals surface area (Å²) in [5.74, 6) is 0. The Balaban J connectivity index is 2.84. The third-order valence-electron chi connectivity index (χ3n) is 2.68. The molecule has 0 aromatic heterocycles. The van der Waals surface area contributed by atoms with Crippen LogP contribution in [0.3, 0.4) is 0 Å². The van der Waals surface area contributed by atoms with Crippen molar-refractivity contribution in [2.24, 2.45) is 0 Å². The van der Waals surface area contributed by atoms with Crippen LogP contribution in [0.15, 0.2) is 36.4 Å². The molecule has 2 aromatic carbocycles. The SMILES string of the molecule is CC(C)(C)c1ccc(Cl)c2ccccc12. The van der Waals surface area contributed by atoms with Crippen LogP contribution in [0.2, 0.25) is 5.02 Å². The second-order valence-electron chi connectivity index (χ2n) is 4.89. The Hall–Kier alpha value is -1.01. The lowest BCUT2D eigenvalue weighted by atomic mass is 9.84. The molecule has 15 heavy (non-hydrogen) atoms. The molecule has 0 radical (unpaired) electrons. The maximum Gasteiger partial charge on any atom is 0.0484 e. The first-order chi connectivity index (χ1) is 7.00. The van der Waals surface area contributed by atoms with Crippen molar-refractivity contribution in [3.05, 3.63) is 47.0 Å². The minimum absolute atomic E-state index is 0.157. The van der Waals surface area contributed by atoms with Crippen LogP contribution in [0.25, 0.3) is 10.8 Å². The molecule has 0 saturated carbocycles. The summed E-state index contributed by atoms with van der Waals surface area (Å²) in [6, 6.07) is 12.4. The molecule has 0 heterocycles. The maximum absolute atomic E-state index is 6.18. The van der Waals surface area contributed by atoms with Crippen LogP contribution in [0, 0.1) is 0 Å². The van der Waals surface area contributed by atoms with Gasteiger partial charge >= 0.3 is 0 Å². The van der Waals surface area contributed by atoms with Gasteiger partial charge in [-0.15, -0.1) is 0 Å². The summed E-state index contributed by atoms with van der Waals surface area (Å²) >= 11 is 6.18. The Labute approximate surface area is 95.9 Å². The monoisotopic (exact) mass is 218 g/mol. The smallest absolute Gasteiger partial charge is 0.0484 e. The molecular formula is C14H15Cl. The first kappa shape index (κ1) is 10.5. The average molecular weight is 219 g/mol. The first-order valence-electron chi connectivity index (χ1n) is 5.18. The van der Waals surface area contributed by atoms with Gasteiger partial charge in [0, 0.05) is 10.4 Å². The van der Waals surface area contributed by atoms with Crippen molar-refractivity contribution in [2.75, 3.05) is 0 Å². The van der Waals surface area contributed by atoms with Crippen molar-refractivity contribution in [1.29, 1.82) is 0 Å². The fourth-order valence-corrected chi connectivity index (χ4v) is 2.14. The van der Waals surface area contributed by atoms with E-state index >= 15 is 0 Å². The van der Waals surface area contributed by atoms with Gasteiger partial charge in [-0.1, -0.05) is 62.7 Å². The van der Waals surface area contributed by atoms with Crippen molar-refractivity contribution < 1.29 is 0 Å². The van der Waals surface area contributed by atoms with Gasteiger partial charge in [0.15, 0.2) is 0 Å². The highest BCUT2D eigenvalue weighted by atomic mass is 35.5. The van der Waals surface area contributed by atoms with Crippen molar-refractivity contribution in [2.45, 2.75) is 26.2 Å². The molecule has 1 heteroatoms. The molecule has 78 valence electrons. The molecular weight excluding hydrogens is 204 g/mol. The van der Waals surface area contributed by atoms with Gasteiger partial charge < -0.3 is 0 Å². The molecule has 0 fully saturated rings. The Morgan fingerprint density at radius 2 is 1.47 bits per heavy atom. The van der Waals surface area contributed by atoms with Gasteiger partial charge in [0.25, 0.3) is 0 Å². The van der Waals surface area contributed by atoms with Gasteiger partial charge in [-0.2, -0.15) is 0 Å². The lowest BCUT2D eigenvalue weighted by molar-refractivity contribution is 0.596. The van der Waals surface area contributed by atoms with Crippen LogP contribution in [-0.4, -0.2) is 0 Å². The number of halogens is 1. The predicted octanol–water partition coefficient (Wildman–Crippen LogP) is 4.79. The van der Waals surface area contributed by atoms with Gasteiger partial charge in [-0.05, 0) is 22.4 Å². The van der Waals surface area contributed by atoms with Crippen LogP contribution < -0.4 is 0 Å². The van der Waals surface area contributed by atoms with Crippen LogP contribution in [-0.2, 0) is 5.41 Å². The minimum Gasteiger partial charge on any atom is -0.0837 e. The largest absolute Gasteiger partial charge is 0.0837 e. The van der Waals surface area contributed by atoms with E-state index in [2.05, 4.69) is 45.0 Å². The third kappa shape index (κ3) is 1.87. The fraction of sp³-hybridized carbons (Fsp3) is 0.286. The van der Waals surface area contributed by atoms with E-state index in [-0.39, 0.29) is 5.41 Å². The summed E-state index contributed by atoms with van der Waals surface area (Å²) in [6.07, 6.45) is 0. The quantitative estimate of drug-likeness (QED) is 0.597. The van der Waals surface area contributed by atoms with Crippen molar-refractivity contribution >= 4 is 22.4 Å². The molecule has 2 aromatic rings. The molecule has 0 unspecified atom stereocenters. The first-order valence-corrected chi connectivity index (χ1v) is 5.55. The van der Waals surface area contributed by atoms with Crippen LogP contribution >= 0.6 is 11.6 Å². The van der Waals surface area contributed by atoms with E-state index in [4.69, 9.17) is 11.6 Å². The molecule has 0 amide bonds. The summed E-state index contributed by atoms with van der Waals surface area (Å²) < 4.78 is 0. The highest BCUT2D eigenvalue weighted by Crippen LogP contribution is 2.33. The molecule has 0 bridgehead atoms. The van der Waals surface area contributed by atoms with E-state index in [1.54, 1.807) is 0 Å². The van der Waals surface area contributed by atoms with Crippen molar-refractivity contribution in [3.63, 3.8) is 0 Å². The Bertz CT molecular complexity index is 492. The normalized spacial score (nSPS) is 12.0. The van der Waals surface area contributed by atoms with E-state index in [1.165, 1.54) is 10.9 Å². The molecule has 0 saturated heterocycles. The number of rotatable bonds is 0. The van der Waals surface area contributed by atoms with E-state index < -0.39 is 0 Å². The Kier molecular flexibility index (Phi) is 2.47. The second kappa shape index (κ2) is 3.53. The number of benzene rings is 2. The maximum atomic E-state index is 6.18. The molecule has 0 aliphatic heterocycles. The molecule has 0 atom stereocenters. The molecule has 0 aliphatic rings. The Morgan fingerprint density at radius 1 is 0.867 bits per heavy atom. The van der Waals surface area contributed by atoms with E-state index in [1.807, 2.05) is 12.1 Å². The predicted molar refractivity (Wildman–Crippen MR) is 67.7 cm³/mol. The summed E-state index contributed by atoms with van der Waals surface area (Å²) in [5.41, 5.74) is 1.51. The lowest BCUT2D eigenvalue weighted by Crippen LogP contribution is -2.11. The van der Waals surface area contributed by atoms with Gasteiger partial charge in [-0.25, -0.2) is 0 Å². The van der Waals surface area contributed by atoms with Crippen LogP contribution in [0.5, 0.6) is 0 Å². The van der Waals surface area contributed by atoms with Crippen LogP contribution in [0.4, 0.5) is 0 Å². The summed E-state index contributed by atoms with van der Waals surface area (Å²) in [7, 11) is 0. The van der Waals surface area contributed by atoms with E-state index in [0.717, 1.165) is 10.4 Å². The lowest BCUT2D eigenvalue weighted by Gasteiger charge is -2.21. The number of hydrogen-bond donors (Lipinski definition) is 0. The highest BCUT2D eigenvalue weighted by Gasteiger charge is 2.17. The van der Waals surface area contributed by atoms with Gasteiger partial charge in [-0.3, -0.25) is 0 Å². The zero-order valence-corrected chi connectivity index (χ0v) is 10.1. The second-order valence-corrected chi connectivity index (χ2v) is 5.30. The van der Waals surface area contributed by atoms with Gasteiger partial charge in [0.1, 0.15) is 0 Å². The van der Waals surface area contributed by atoms with E-state index in [9.17, 15) is 0 Å². The summed E-state index contributed by atoms with van der Waals surface area (Å²) in [5, 5.41) is 3.24. The topological polar surface area (TPSA) is 0 Å². The summed E-state index contributed by atoms with van der Waals surface area (Å²) in [4.78, 5) is 0. The average Bonchev–Trinajstić information content (AvgIpc) is 2.17. The third-order valence-corrected chi connectivity index (χ3v) is 3.01. The summed E-state index contributed by atoms with van der Waals surface area (Å²) in [6.45, 7) is 6.67. The Morgan fingerprint density at radius 3 is 2.07 bits per heavy atom. The van der Waals surface area contributed by atoms with Crippen molar-refractivity contribution in [3.8, 4) is 0 Å². The molecule has 0 aliphatic carbocycles. The fourth-order valence-electron chi connectivity index (χ4n) is 1.92. The van der Waals surface area contributed by atoms with Crippen molar-refractivity contribution in [1.82, 2.24) is 0 Å². The van der Waals surface area contributed by atoms with Gasteiger partial charge in [0.05, 0.1) is 0 Å². The number of hydrogen-bond acceptors (Lipinski definition) is 0.